The second-order valence-electron chi connectivity index (χ2n) is 5.02. The molecule has 5 nitrogen and oxygen atoms in total. The van der Waals surface area contributed by atoms with Crippen molar-refractivity contribution in [1.82, 2.24) is 14.9 Å². The summed E-state index contributed by atoms with van der Waals surface area (Å²) in [5.74, 6) is 0.694. The van der Waals surface area contributed by atoms with Gasteiger partial charge in [-0.2, -0.15) is 0 Å². The molecule has 2 aromatic heterocycles. The average molecular weight is 303 g/mol. The van der Waals surface area contributed by atoms with E-state index in [2.05, 4.69) is 9.97 Å². The molecule has 21 heavy (non-hydrogen) atoms. The Hall–Kier alpha value is -1.95. The highest BCUT2D eigenvalue weighted by molar-refractivity contribution is 7.10. The molecule has 110 valence electrons. The molecule has 1 atom stereocenters. The highest BCUT2D eigenvalue weighted by Gasteiger charge is 2.25. The number of carbonyl (C=O) groups excluding carboxylic acids is 1. The van der Waals surface area contributed by atoms with Gasteiger partial charge in [0, 0.05) is 23.8 Å². The Labute approximate surface area is 127 Å². The summed E-state index contributed by atoms with van der Waals surface area (Å²) in [4.78, 5) is 23.4. The van der Waals surface area contributed by atoms with Gasteiger partial charge in [-0.3, -0.25) is 9.78 Å². The normalized spacial score (nSPS) is 18.5. The molecule has 0 bridgehead atoms. The monoisotopic (exact) mass is 303 g/mol. The van der Waals surface area contributed by atoms with E-state index in [4.69, 9.17) is 4.74 Å². The number of rotatable bonds is 4. The molecule has 0 radical (unpaired) electrons. The van der Waals surface area contributed by atoms with Crippen LogP contribution < -0.4 is 4.74 Å². The number of thiophene rings is 1. The summed E-state index contributed by atoms with van der Waals surface area (Å²) in [7, 11) is 0. The fourth-order valence-electron chi connectivity index (χ4n) is 2.45. The highest BCUT2D eigenvalue weighted by atomic mass is 32.1. The second-order valence-corrected chi connectivity index (χ2v) is 6.05. The third-order valence-electron chi connectivity index (χ3n) is 3.46. The van der Waals surface area contributed by atoms with E-state index in [0.717, 1.165) is 24.3 Å². The van der Waals surface area contributed by atoms with Crippen molar-refractivity contribution in [2.75, 3.05) is 13.1 Å². The van der Waals surface area contributed by atoms with Gasteiger partial charge in [-0.15, -0.1) is 11.3 Å². The van der Waals surface area contributed by atoms with Crippen LogP contribution in [-0.4, -0.2) is 40.0 Å². The van der Waals surface area contributed by atoms with Crippen LogP contribution in [0.4, 0.5) is 0 Å². The van der Waals surface area contributed by atoms with E-state index >= 15 is 0 Å². The van der Waals surface area contributed by atoms with Crippen LogP contribution in [0.2, 0.25) is 0 Å². The first-order chi connectivity index (χ1) is 10.3. The van der Waals surface area contributed by atoms with Gasteiger partial charge in [0.05, 0.1) is 19.2 Å². The zero-order valence-electron chi connectivity index (χ0n) is 11.6. The van der Waals surface area contributed by atoms with Crippen molar-refractivity contribution in [2.24, 2.45) is 0 Å². The molecular formula is C15H17N3O2S. The van der Waals surface area contributed by atoms with E-state index in [1.807, 2.05) is 22.4 Å². The quantitative estimate of drug-likeness (QED) is 0.868. The molecule has 6 heteroatoms. The first-order valence-corrected chi connectivity index (χ1v) is 7.92. The summed E-state index contributed by atoms with van der Waals surface area (Å²) in [6, 6.07) is 3.98. The highest BCUT2D eigenvalue weighted by Crippen LogP contribution is 2.18. The van der Waals surface area contributed by atoms with Crippen LogP contribution in [0.3, 0.4) is 0 Å². The zero-order chi connectivity index (χ0) is 14.5. The van der Waals surface area contributed by atoms with Crippen LogP contribution in [-0.2, 0) is 11.2 Å². The predicted octanol–water partition coefficient (Wildman–Crippen LogP) is 2.15. The van der Waals surface area contributed by atoms with Gasteiger partial charge >= 0.3 is 0 Å². The van der Waals surface area contributed by atoms with Crippen molar-refractivity contribution in [3.63, 3.8) is 0 Å². The lowest BCUT2D eigenvalue weighted by atomic mass is 10.1. The molecule has 2 aromatic rings. The van der Waals surface area contributed by atoms with Crippen LogP contribution in [0.15, 0.2) is 36.1 Å². The molecule has 0 aromatic carbocycles. The maximum Gasteiger partial charge on any atom is 0.232 e. The van der Waals surface area contributed by atoms with Gasteiger partial charge in [-0.05, 0) is 24.3 Å². The van der Waals surface area contributed by atoms with Crippen molar-refractivity contribution in [1.29, 1.82) is 0 Å². The largest absolute Gasteiger partial charge is 0.471 e. The summed E-state index contributed by atoms with van der Waals surface area (Å²) >= 11 is 1.62. The number of hydrogen-bond acceptors (Lipinski definition) is 5. The van der Waals surface area contributed by atoms with Crippen molar-refractivity contribution in [3.8, 4) is 5.88 Å². The number of likely N-dealkylation sites (tertiary alicyclic amines) is 1. The maximum atomic E-state index is 12.3. The minimum Gasteiger partial charge on any atom is -0.471 e. The molecule has 0 aliphatic carbocycles. The smallest absolute Gasteiger partial charge is 0.232 e. The molecule has 1 amide bonds. The molecule has 0 unspecified atom stereocenters. The van der Waals surface area contributed by atoms with Gasteiger partial charge in [0.2, 0.25) is 11.8 Å². The number of amides is 1. The Morgan fingerprint density at radius 1 is 1.48 bits per heavy atom. The topological polar surface area (TPSA) is 55.3 Å². The Balaban J connectivity index is 1.56. The van der Waals surface area contributed by atoms with Crippen molar-refractivity contribution in [2.45, 2.75) is 25.4 Å². The van der Waals surface area contributed by atoms with Gasteiger partial charge in [0.15, 0.2) is 0 Å². The SMILES string of the molecule is O=C(Cc1cccs1)N1CCC[C@H](Oc2cnccn2)C1. The molecule has 3 rings (SSSR count). The van der Waals surface area contributed by atoms with E-state index in [0.29, 0.717) is 18.8 Å². The number of piperidine rings is 1. The van der Waals surface area contributed by atoms with Crippen LogP contribution in [0.1, 0.15) is 17.7 Å². The Kier molecular flexibility index (Phi) is 4.45. The molecule has 1 fully saturated rings. The van der Waals surface area contributed by atoms with Crippen LogP contribution in [0, 0.1) is 0 Å². The molecular weight excluding hydrogens is 286 g/mol. The number of hydrogen-bond donors (Lipinski definition) is 0. The summed E-state index contributed by atoms with van der Waals surface area (Å²) in [5, 5.41) is 2.00. The van der Waals surface area contributed by atoms with Gasteiger partial charge in [0.1, 0.15) is 6.10 Å². The molecule has 0 spiro atoms. The molecule has 1 saturated heterocycles. The van der Waals surface area contributed by atoms with E-state index < -0.39 is 0 Å². The van der Waals surface area contributed by atoms with Crippen molar-refractivity contribution >= 4 is 17.2 Å². The molecule has 0 N–H and O–H groups in total. The van der Waals surface area contributed by atoms with E-state index in [1.54, 1.807) is 29.9 Å². The lowest BCUT2D eigenvalue weighted by Gasteiger charge is -2.32. The van der Waals surface area contributed by atoms with E-state index in [9.17, 15) is 4.79 Å². The summed E-state index contributed by atoms with van der Waals surface area (Å²) in [5.41, 5.74) is 0. The number of aromatic nitrogens is 2. The zero-order valence-corrected chi connectivity index (χ0v) is 12.5. The Morgan fingerprint density at radius 3 is 3.19 bits per heavy atom. The van der Waals surface area contributed by atoms with Gasteiger partial charge in [0.25, 0.3) is 0 Å². The van der Waals surface area contributed by atoms with Crippen LogP contribution in [0.25, 0.3) is 0 Å². The molecule has 1 aliphatic heterocycles. The van der Waals surface area contributed by atoms with Gasteiger partial charge in [-0.25, -0.2) is 4.98 Å². The van der Waals surface area contributed by atoms with Crippen LogP contribution >= 0.6 is 11.3 Å². The number of nitrogens with zero attached hydrogens (tertiary/aromatic N) is 3. The lowest BCUT2D eigenvalue weighted by molar-refractivity contribution is -0.133. The number of carbonyl (C=O) groups is 1. The third kappa shape index (κ3) is 3.78. The standard InChI is InChI=1S/C15H17N3O2S/c19-15(9-13-4-2-8-21-13)18-7-1-3-12(11-18)20-14-10-16-5-6-17-14/h2,4-6,8,10,12H,1,3,7,9,11H2/t12-/m0/s1. The fourth-order valence-corrected chi connectivity index (χ4v) is 3.15. The first kappa shape index (κ1) is 14.0. The third-order valence-corrected chi connectivity index (χ3v) is 4.34. The fraction of sp³-hybridized carbons (Fsp3) is 0.400. The van der Waals surface area contributed by atoms with Gasteiger partial charge in [-0.1, -0.05) is 6.07 Å². The minimum absolute atomic E-state index is 0.00253. The second kappa shape index (κ2) is 6.67. The Morgan fingerprint density at radius 2 is 2.43 bits per heavy atom. The van der Waals surface area contributed by atoms with E-state index in [1.165, 1.54) is 0 Å². The summed E-state index contributed by atoms with van der Waals surface area (Å²) in [6.07, 6.45) is 7.22. The van der Waals surface area contributed by atoms with E-state index in [-0.39, 0.29) is 12.0 Å². The average Bonchev–Trinajstić information content (AvgIpc) is 3.01. The Bertz CT molecular complexity index is 574. The number of ether oxygens (including phenoxy) is 1. The molecule has 3 heterocycles. The van der Waals surface area contributed by atoms with Crippen molar-refractivity contribution in [3.05, 3.63) is 41.0 Å². The predicted molar refractivity (Wildman–Crippen MR) is 80.3 cm³/mol. The molecule has 0 saturated carbocycles. The summed E-state index contributed by atoms with van der Waals surface area (Å²) in [6.45, 7) is 1.44. The first-order valence-electron chi connectivity index (χ1n) is 7.04. The minimum atomic E-state index is 0.00253. The maximum absolute atomic E-state index is 12.3. The van der Waals surface area contributed by atoms with Crippen molar-refractivity contribution < 1.29 is 9.53 Å². The van der Waals surface area contributed by atoms with Crippen LogP contribution in [0.5, 0.6) is 5.88 Å². The summed E-state index contributed by atoms with van der Waals surface area (Å²) < 4.78 is 5.81. The molecule has 1 aliphatic rings. The van der Waals surface area contributed by atoms with Gasteiger partial charge < -0.3 is 9.64 Å². The lowest BCUT2D eigenvalue weighted by Crippen LogP contribution is -2.45.